The Balaban J connectivity index is 3.32. The molecule has 0 saturated heterocycles. The number of aliphatic hydroxyl groups is 2. The molecule has 0 aliphatic heterocycles. The van der Waals surface area contributed by atoms with Gasteiger partial charge in [0.15, 0.2) is 0 Å². The summed E-state index contributed by atoms with van der Waals surface area (Å²) in [5.74, 6) is 0.618. The zero-order valence-electron chi connectivity index (χ0n) is 10.5. The Bertz CT molecular complexity index is 377. The molecule has 1 rings (SSSR count). The van der Waals surface area contributed by atoms with Gasteiger partial charge in [0.05, 0.1) is 12.7 Å². The van der Waals surface area contributed by atoms with Crippen molar-refractivity contribution in [2.45, 2.75) is 39.4 Å². The molecule has 0 aliphatic carbocycles. The summed E-state index contributed by atoms with van der Waals surface area (Å²) in [6.07, 6.45) is -0.956. The summed E-state index contributed by atoms with van der Waals surface area (Å²) in [5, 5.41) is 20.0. The molecule has 0 fully saturated rings. The molecule has 16 heavy (non-hydrogen) atoms. The third kappa shape index (κ3) is 2.54. The van der Waals surface area contributed by atoms with Crippen LogP contribution in [0.2, 0.25) is 0 Å². The second kappa shape index (κ2) is 4.44. The minimum atomic E-state index is -1.19. The first kappa shape index (κ1) is 13.0. The number of hydrogen-bond donors (Lipinski definition) is 2. The Hall–Kier alpha value is -1.06. The smallest absolute Gasteiger partial charge is 0.125 e. The SMILES string of the molecule is COc1cc(C)cc(C)c1C(O)C(C)(C)O. The lowest BCUT2D eigenvalue weighted by Gasteiger charge is -2.27. The van der Waals surface area contributed by atoms with Gasteiger partial charge in [0.25, 0.3) is 0 Å². The maximum Gasteiger partial charge on any atom is 0.125 e. The first-order chi connectivity index (χ1) is 7.27. The zero-order chi connectivity index (χ0) is 12.5. The molecular weight excluding hydrogens is 204 g/mol. The van der Waals surface area contributed by atoms with Gasteiger partial charge in [0, 0.05) is 5.56 Å². The van der Waals surface area contributed by atoms with E-state index in [2.05, 4.69) is 0 Å². The highest BCUT2D eigenvalue weighted by atomic mass is 16.5. The fourth-order valence-corrected chi connectivity index (χ4v) is 1.81. The first-order valence-corrected chi connectivity index (χ1v) is 5.33. The van der Waals surface area contributed by atoms with Crippen molar-refractivity contribution < 1.29 is 14.9 Å². The van der Waals surface area contributed by atoms with E-state index in [1.807, 2.05) is 26.0 Å². The molecule has 0 aliphatic rings. The van der Waals surface area contributed by atoms with E-state index in [-0.39, 0.29) is 0 Å². The van der Waals surface area contributed by atoms with Gasteiger partial charge in [-0.25, -0.2) is 0 Å². The van der Waals surface area contributed by atoms with Crippen molar-refractivity contribution in [3.05, 3.63) is 28.8 Å². The van der Waals surface area contributed by atoms with Gasteiger partial charge in [-0.2, -0.15) is 0 Å². The number of aliphatic hydroxyl groups excluding tert-OH is 1. The number of ether oxygens (including phenoxy) is 1. The lowest BCUT2D eigenvalue weighted by molar-refractivity contribution is -0.0509. The predicted octanol–water partition coefficient (Wildman–Crippen LogP) is 2.12. The van der Waals surface area contributed by atoms with E-state index in [4.69, 9.17) is 4.74 Å². The molecule has 3 heteroatoms. The van der Waals surface area contributed by atoms with E-state index < -0.39 is 11.7 Å². The van der Waals surface area contributed by atoms with Crippen LogP contribution in [0.15, 0.2) is 12.1 Å². The average molecular weight is 224 g/mol. The van der Waals surface area contributed by atoms with Crippen LogP contribution in [0.3, 0.4) is 0 Å². The van der Waals surface area contributed by atoms with Gasteiger partial charge in [0.1, 0.15) is 11.9 Å². The molecule has 1 atom stereocenters. The number of aryl methyl sites for hydroxylation is 2. The van der Waals surface area contributed by atoms with Crippen LogP contribution >= 0.6 is 0 Å². The van der Waals surface area contributed by atoms with Gasteiger partial charge < -0.3 is 14.9 Å². The Kier molecular flexibility index (Phi) is 3.61. The van der Waals surface area contributed by atoms with Crippen LogP contribution in [-0.4, -0.2) is 22.9 Å². The van der Waals surface area contributed by atoms with Gasteiger partial charge in [-0.1, -0.05) is 6.07 Å². The van der Waals surface area contributed by atoms with Crippen molar-refractivity contribution in [3.63, 3.8) is 0 Å². The summed E-state index contributed by atoms with van der Waals surface area (Å²) in [6, 6.07) is 3.82. The molecule has 0 amide bonds. The molecule has 0 radical (unpaired) electrons. The Labute approximate surface area is 96.7 Å². The number of rotatable bonds is 3. The van der Waals surface area contributed by atoms with Gasteiger partial charge in [-0.3, -0.25) is 0 Å². The third-order valence-corrected chi connectivity index (χ3v) is 2.66. The standard InChI is InChI=1S/C13H20O3/c1-8-6-9(2)11(10(7-8)16-5)12(14)13(3,4)15/h6-7,12,14-15H,1-5H3. The topological polar surface area (TPSA) is 49.7 Å². The molecular formula is C13H20O3. The number of benzene rings is 1. The fraction of sp³-hybridized carbons (Fsp3) is 0.538. The quantitative estimate of drug-likeness (QED) is 0.826. The van der Waals surface area contributed by atoms with Crippen molar-refractivity contribution in [1.29, 1.82) is 0 Å². The molecule has 0 spiro atoms. The first-order valence-electron chi connectivity index (χ1n) is 5.33. The van der Waals surface area contributed by atoms with Gasteiger partial charge in [-0.15, -0.1) is 0 Å². The predicted molar refractivity (Wildman–Crippen MR) is 63.7 cm³/mol. The molecule has 1 aromatic rings. The lowest BCUT2D eigenvalue weighted by atomic mass is 9.90. The van der Waals surface area contributed by atoms with Crippen LogP contribution in [0, 0.1) is 13.8 Å². The summed E-state index contributed by atoms with van der Waals surface area (Å²) in [7, 11) is 1.56. The second-order valence-electron chi connectivity index (χ2n) is 4.75. The number of methoxy groups -OCH3 is 1. The van der Waals surface area contributed by atoms with E-state index in [0.29, 0.717) is 11.3 Å². The molecule has 0 bridgehead atoms. The van der Waals surface area contributed by atoms with Crippen LogP contribution in [0.4, 0.5) is 0 Å². The zero-order valence-corrected chi connectivity index (χ0v) is 10.5. The minimum absolute atomic E-state index is 0.618. The maximum atomic E-state index is 10.1. The van der Waals surface area contributed by atoms with Crippen molar-refractivity contribution in [1.82, 2.24) is 0 Å². The summed E-state index contributed by atoms with van der Waals surface area (Å²) >= 11 is 0. The third-order valence-electron chi connectivity index (χ3n) is 2.66. The van der Waals surface area contributed by atoms with E-state index in [0.717, 1.165) is 11.1 Å². The monoisotopic (exact) mass is 224 g/mol. The summed E-state index contributed by atoms with van der Waals surface area (Å²) < 4.78 is 5.25. The molecule has 1 unspecified atom stereocenters. The van der Waals surface area contributed by atoms with Crippen molar-refractivity contribution in [3.8, 4) is 5.75 Å². The minimum Gasteiger partial charge on any atom is -0.496 e. The molecule has 90 valence electrons. The van der Waals surface area contributed by atoms with Crippen molar-refractivity contribution in [2.75, 3.05) is 7.11 Å². The molecule has 0 aromatic heterocycles. The van der Waals surface area contributed by atoms with Crippen LogP contribution < -0.4 is 4.74 Å². The highest BCUT2D eigenvalue weighted by Crippen LogP contribution is 2.35. The van der Waals surface area contributed by atoms with Crippen LogP contribution in [0.5, 0.6) is 5.75 Å². The summed E-state index contributed by atoms with van der Waals surface area (Å²) in [4.78, 5) is 0. The molecule has 0 heterocycles. The number of hydrogen-bond acceptors (Lipinski definition) is 3. The van der Waals surface area contributed by atoms with Crippen LogP contribution in [0.1, 0.15) is 36.6 Å². The Morgan fingerprint density at radius 2 is 1.81 bits per heavy atom. The summed E-state index contributed by atoms with van der Waals surface area (Å²) in [5.41, 5.74) is 1.46. The fourth-order valence-electron chi connectivity index (χ4n) is 1.81. The second-order valence-corrected chi connectivity index (χ2v) is 4.75. The highest BCUT2D eigenvalue weighted by molar-refractivity contribution is 5.45. The Morgan fingerprint density at radius 1 is 1.25 bits per heavy atom. The van der Waals surface area contributed by atoms with E-state index in [9.17, 15) is 10.2 Å². The van der Waals surface area contributed by atoms with E-state index >= 15 is 0 Å². The molecule has 0 saturated carbocycles. The average Bonchev–Trinajstić information content (AvgIpc) is 2.14. The van der Waals surface area contributed by atoms with Gasteiger partial charge in [0.2, 0.25) is 0 Å². The Morgan fingerprint density at radius 3 is 2.25 bits per heavy atom. The van der Waals surface area contributed by atoms with Crippen LogP contribution in [0.25, 0.3) is 0 Å². The highest BCUT2D eigenvalue weighted by Gasteiger charge is 2.30. The van der Waals surface area contributed by atoms with Crippen LogP contribution in [-0.2, 0) is 0 Å². The largest absolute Gasteiger partial charge is 0.496 e. The maximum absolute atomic E-state index is 10.1. The van der Waals surface area contributed by atoms with Crippen molar-refractivity contribution >= 4 is 0 Å². The van der Waals surface area contributed by atoms with E-state index in [1.54, 1.807) is 21.0 Å². The van der Waals surface area contributed by atoms with Gasteiger partial charge >= 0.3 is 0 Å². The van der Waals surface area contributed by atoms with E-state index in [1.165, 1.54) is 0 Å². The molecule has 2 N–H and O–H groups in total. The van der Waals surface area contributed by atoms with Crippen molar-refractivity contribution in [2.24, 2.45) is 0 Å². The normalized spacial score (nSPS) is 13.7. The summed E-state index contributed by atoms with van der Waals surface area (Å²) in [6.45, 7) is 7.03. The lowest BCUT2D eigenvalue weighted by Crippen LogP contribution is -2.29. The molecule has 3 nitrogen and oxygen atoms in total. The molecule has 1 aromatic carbocycles. The van der Waals surface area contributed by atoms with Gasteiger partial charge in [-0.05, 0) is 44.9 Å².